The molecule has 7 unspecified atom stereocenters. The fraction of sp³-hybridized carbons (Fsp3) is 0.857. The van der Waals surface area contributed by atoms with Crippen LogP contribution in [0.15, 0.2) is 36.5 Å². The average Bonchev–Trinajstić information content (AvgIpc) is 3.22. The Morgan fingerprint density at radius 1 is 0.569 bits per heavy atom. The molecular weight excluding hydrogens is 731 g/mol. The molecule has 0 bridgehead atoms. The van der Waals surface area contributed by atoms with E-state index < -0.39 is 49.5 Å². The fourth-order valence-corrected chi connectivity index (χ4v) is 7.51. The van der Waals surface area contributed by atoms with Crippen LogP contribution < -0.4 is 5.32 Å². The number of amides is 1. The molecule has 1 aliphatic rings. The van der Waals surface area contributed by atoms with Crippen molar-refractivity contribution in [1.29, 1.82) is 0 Å². The third-order valence-electron chi connectivity index (χ3n) is 11.4. The Balaban J connectivity index is 2.15. The number of ether oxygens (including phenoxy) is 2. The van der Waals surface area contributed by atoms with Crippen molar-refractivity contribution in [3.8, 4) is 0 Å². The van der Waals surface area contributed by atoms with Gasteiger partial charge in [-0.25, -0.2) is 0 Å². The quantitative estimate of drug-likeness (QED) is 0.0264. The average molecular weight is 822 g/mol. The second-order valence-corrected chi connectivity index (χ2v) is 16.9. The molecule has 1 aliphatic heterocycles. The lowest BCUT2D eigenvalue weighted by Crippen LogP contribution is -2.60. The summed E-state index contributed by atoms with van der Waals surface area (Å²) in [4.78, 5) is 12.9. The minimum atomic E-state index is -1.57. The van der Waals surface area contributed by atoms with Crippen LogP contribution in [-0.2, 0) is 14.3 Å². The van der Waals surface area contributed by atoms with E-state index in [-0.39, 0.29) is 12.5 Å². The van der Waals surface area contributed by atoms with E-state index in [2.05, 4.69) is 43.5 Å². The van der Waals surface area contributed by atoms with Gasteiger partial charge < -0.3 is 40.3 Å². The molecule has 0 saturated carbocycles. The molecule has 0 aliphatic carbocycles. The molecule has 9 heteroatoms. The molecule has 0 aromatic carbocycles. The maximum Gasteiger partial charge on any atom is 0.220 e. The lowest BCUT2D eigenvalue weighted by molar-refractivity contribution is -0.302. The van der Waals surface area contributed by atoms with Gasteiger partial charge in [-0.2, -0.15) is 0 Å². The molecule has 1 heterocycles. The molecule has 58 heavy (non-hydrogen) atoms. The molecule has 1 rings (SSSR count). The van der Waals surface area contributed by atoms with Crippen LogP contribution in [0, 0.1) is 0 Å². The van der Waals surface area contributed by atoms with E-state index in [4.69, 9.17) is 9.47 Å². The second kappa shape index (κ2) is 39.5. The summed E-state index contributed by atoms with van der Waals surface area (Å²) in [6.45, 7) is 3.68. The van der Waals surface area contributed by atoms with Gasteiger partial charge in [-0.1, -0.05) is 192 Å². The maximum atomic E-state index is 12.9. The lowest BCUT2D eigenvalue weighted by Gasteiger charge is -2.40. The Hall–Kier alpha value is -1.59. The first-order valence-electron chi connectivity index (χ1n) is 24.2. The Morgan fingerprint density at radius 3 is 1.50 bits per heavy atom. The first kappa shape index (κ1) is 54.4. The predicted octanol–water partition coefficient (Wildman–Crippen LogP) is 10.5. The van der Waals surface area contributed by atoms with Crippen LogP contribution in [0.4, 0.5) is 0 Å². The normalized spacial score (nSPS) is 21.1. The van der Waals surface area contributed by atoms with Crippen molar-refractivity contribution in [2.75, 3.05) is 13.2 Å². The monoisotopic (exact) mass is 822 g/mol. The predicted molar refractivity (Wildman–Crippen MR) is 240 cm³/mol. The van der Waals surface area contributed by atoms with E-state index >= 15 is 0 Å². The summed E-state index contributed by atoms with van der Waals surface area (Å²) in [5.41, 5.74) is 0. The first-order valence-corrected chi connectivity index (χ1v) is 24.2. The third-order valence-corrected chi connectivity index (χ3v) is 11.4. The molecule has 0 radical (unpaired) electrons. The summed E-state index contributed by atoms with van der Waals surface area (Å²) in [5, 5.41) is 53.9. The zero-order valence-corrected chi connectivity index (χ0v) is 37.3. The summed E-state index contributed by atoms with van der Waals surface area (Å²) < 4.78 is 11.2. The minimum Gasteiger partial charge on any atom is -0.394 e. The molecule has 1 fully saturated rings. The van der Waals surface area contributed by atoms with Gasteiger partial charge >= 0.3 is 0 Å². The van der Waals surface area contributed by atoms with Crippen molar-refractivity contribution in [3.63, 3.8) is 0 Å². The highest BCUT2D eigenvalue weighted by atomic mass is 16.7. The van der Waals surface area contributed by atoms with Crippen molar-refractivity contribution in [1.82, 2.24) is 5.32 Å². The number of carbonyl (C=O) groups is 1. The zero-order valence-electron chi connectivity index (χ0n) is 37.3. The largest absolute Gasteiger partial charge is 0.394 e. The van der Waals surface area contributed by atoms with Gasteiger partial charge in [-0.05, 0) is 51.4 Å². The highest BCUT2D eigenvalue weighted by Gasteiger charge is 2.44. The van der Waals surface area contributed by atoms with Crippen molar-refractivity contribution in [2.24, 2.45) is 0 Å². The van der Waals surface area contributed by atoms with Crippen molar-refractivity contribution in [3.05, 3.63) is 36.5 Å². The number of allylic oxidation sites excluding steroid dienone is 5. The SMILES string of the molecule is CCCC/C=C/CC/C=C/C(O)C(COC1OC(CO)C(O)C(O)C1O)NC(=O)CCCCCCCCCCCCCCCCC/C=C\CCCCCCCCCC. The highest BCUT2D eigenvalue weighted by molar-refractivity contribution is 5.76. The van der Waals surface area contributed by atoms with E-state index in [1.54, 1.807) is 6.08 Å². The number of rotatable bonds is 40. The Kier molecular flexibility index (Phi) is 37.1. The number of carbonyl (C=O) groups excluding carboxylic acids is 1. The molecule has 0 aromatic heterocycles. The molecule has 7 atom stereocenters. The van der Waals surface area contributed by atoms with E-state index in [0.29, 0.717) is 6.42 Å². The summed E-state index contributed by atoms with van der Waals surface area (Å²) >= 11 is 0. The van der Waals surface area contributed by atoms with Crippen LogP contribution in [-0.4, -0.2) is 87.5 Å². The van der Waals surface area contributed by atoms with Crippen molar-refractivity contribution in [2.45, 2.75) is 256 Å². The smallest absolute Gasteiger partial charge is 0.220 e. The van der Waals surface area contributed by atoms with Crippen LogP contribution >= 0.6 is 0 Å². The summed E-state index contributed by atoms with van der Waals surface area (Å²) in [6.07, 6.45) is 42.3. The molecular formula is C49H91NO8. The molecule has 0 spiro atoms. The van der Waals surface area contributed by atoms with E-state index in [9.17, 15) is 30.3 Å². The summed E-state index contributed by atoms with van der Waals surface area (Å²) in [7, 11) is 0. The number of aliphatic hydroxyl groups excluding tert-OH is 5. The minimum absolute atomic E-state index is 0.189. The summed E-state index contributed by atoms with van der Waals surface area (Å²) in [6, 6.07) is -0.817. The molecule has 1 amide bonds. The van der Waals surface area contributed by atoms with Crippen molar-refractivity contribution >= 4 is 5.91 Å². The Bertz CT molecular complexity index is 1000. The van der Waals surface area contributed by atoms with Gasteiger partial charge in [0.1, 0.15) is 24.4 Å². The van der Waals surface area contributed by atoms with Crippen molar-refractivity contribution < 1.29 is 39.8 Å². The van der Waals surface area contributed by atoms with Gasteiger partial charge in [0.2, 0.25) is 5.91 Å². The molecule has 340 valence electrons. The van der Waals surface area contributed by atoms with E-state index in [0.717, 1.165) is 44.9 Å². The van der Waals surface area contributed by atoms with Crippen LogP contribution in [0.2, 0.25) is 0 Å². The van der Waals surface area contributed by atoms with Gasteiger partial charge in [0.05, 0.1) is 25.4 Å². The molecule has 9 nitrogen and oxygen atoms in total. The van der Waals surface area contributed by atoms with Crippen LogP contribution in [0.1, 0.15) is 213 Å². The maximum absolute atomic E-state index is 12.9. The number of unbranched alkanes of at least 4 members (excludes halogenated alkanes) is 26. The Labute approximate surface area is 355 Å². The molecule has 1 saturated heterocycles. The van der Waals surface area contributed by atoms with Gasteiger partial charge in [-0.15, -0.1) is 0 Å². The van der Waals surface area contributed by atoms with E-state index in [1.165, 1.54) is 148 Å². The zero-order chi connectivity index (χ0) is 42.3. The van der Waals surface area contributed by atoms with Crippen LogP contribution in [0.25, 0.3) is 0 Å². The highest BCUT2D eigenvalue weighted by Crippen LogP contribution is 2.23. The van der Waals surface area contributed by atoms with E-state index in [1.807, 2.05) is 6.08 Å². The van der Waals surface area contributed by atoms with Crippen LogP contribution in [0.5, 0.6) is 0 Å². The number of nitrogens with one attached hydrogen (secondary N) is 1. The Morgan fingerprint density at radius 2 is 1.00 bits per heavy atom. The standard InChI is InChI=1S/C49H91NO8/c1-3-5-7-9-11-13-14-15-16-17-18-19-20-21-22-23-24-25-26-27-28-29-30-31-33-35-37-39-45(53)50-42(43(52)38-36-34-32-12-10-8-6-4-2)41-57-49-48(56)47(55)46(54)44(40-51)58-49/h10,12,17-18,36,38,42-44,46-49,51-52,54-56H,3-9,11,13-16,19-35,37,39-41H2,1-2H3,(H,50,53)/b12-10+,18-17-,38-36+. The topological polar surface area (TPSA) is 149 Å². The van der Waals surface area contributed by atoms with Gasteiger partial charge in [0, 0.05) is 6.42 Å². The first-order chi connectivity index (χ1) is 28.3. The number of aliphatic hydroxyl groups is 5. The second-order valence-electron chi connectivity index (χ2n) is 16.9. The molecule has 0 aromatic rings. The third kappa shape index (κ3) is 29.6. The molecule has 6 N–H and O–H groups in total. The van der Waals surface area contributed by atoms with Gasteiger partial charge in [0.25, 0.3) is 0 Å². The van der Waals surface area contributed by atoms with Gasteiger partial charge in [-0.3, -0.25) is 4.79 Å². The lowest BCUT2D eigenvalue weighted by atomic mass is 9.99. The summed E-state index contributed by atoms with van der Waals surface area (Å²) in [5.74, 6) is -0.189. The fourth-order valence-electron chi connectivity index (χ4n) is 7.51. The van der Waals surface area contributed by atoms with Crippen LogP contribution in [0.3, 0.4) is 0 Å². The van der Waals surface area contributed by atoms with Gasteiger partial charge in [0.15, 0.2) is 6.29 Å². The number of hydrogen-bond donors (Lipinski definition) is 6. The number of hydrogen-bond acceptors (Lipinski definition) is 8.